The van der Waals surface area contributed by atoms with Crippen LogP contribution in [0, 0.1) is 0 Å². The highest BCUT2D eigenvalue weighted by Crippen LogP contribution is 1.80. The maximum atomic E-state index is 10.6. The van der Waals surface area contributed by atoms with E-state index in [4.69, 9.17) is 5.11 Å². The van der Waals surface area contributed by atoms with Gasteiger partial charge in [-0.1, -0.05) is 6.92 Å². The van der Waals surface area contributed by atoms with E-state index in [1.54, 1.807) is 0 Å². The molecular weight excluding hydrogens is 164 g/mol. The molecule has 12 heavy (non-hydrogen) atoms. The first-order valence-corrected chi connectivity index (χ1v) is 3.54. The molecular formula is C6H12N2O4. The number of hydrogen-bond acceptors (Lipinski definition) is 3. The first-order valence-electron chi connectivity index (χ1n) is 3.54. The second kappa shape index (κ2) is 6.26. The van der Waals surface area contributed by atoms with Gasteiger partial charge in [0.15, 0.2) is 0 Å². The van der Waals surface area contributed by atoms with Gasteiger partial charge in [0.1, 0.15) is 0 Å². The van der Waals surface area contributed by atoms with E-state index < -0.39 is 12.2 Å². The molecule has 0 aromatic carbocycles. The first kappa shape index (κ1) is 10.5. The Hall–Kier alpha value is -1.46. The minimum absolute atomic E-state index is 0.141. The molecule has 0 saturated carbocycles. The largest absolute Gasteiger partial charge is 0.465 e. The average Bonchev–Trinajstić information content (AvgIpc) is 2.00. The zero-order valence-electron chi connectivity index (χ0n) is 6.79. The van der Waals surface area contributed by atoms with Gasteiger partial charge >= 0.3 is 12.2 Å². The fourth-order valence-corrected chi connectivity index (χ4v) is 0.438. The van der Waals surface area contributed by atoms with E-state index in [2.05, 4.69) is 10.1 Å². The molecule has 0 aromatic rings. The fourth-order valence-electron chi connectivity index (χ4n) is 0.438. The van der Waals surface area contributed by atoms with E-state index in [9.17, 15) is 9.59 Å². The summed E-state index contributed by atoms with van der Waals surface area (Å²) in [6.45, 7) is 2.06. The van der Waals surface area contributed by atoms with Gasteiger partial charge in [-0.3, -0.25) is 0 Å². The molecule has 0 atom stereocenters. The van der Waals surface area contributed by atoms with Crippen LogP contribution in [0.5, 0.6) is 0 Å². The molecule has 0 rings (SSSR count). The number of rotatable bonds is 4. The van der Waals surface area contributed by atoms with Crippen molar-refractivity contribution in [3.8, 4) is 0 Å². The predicted molar refractivity (Wildman–Crippen MR) is 40.8 cm³/mol. The second-order valence-electron chi connectivity index (χ2n) is 1.97. The third-order valence-corrected chi connectivity index (χ3v) is 0.910. The van der Waals surface area contributed by atoms with Gasteiger partial charge in [0, 0.05) is 0 Å². The third kappa shape index (κ3) is 6.66. The lowest BCUT2D eigenvalue weighted by atomic mass is 10.5. The van der Waals surface area contributed by atoms with Crippen molar-refractivity contribution in [2.75, 3.05) is 13.3 Å². The Morgan fingerprint density at radius 1 is 1.42 bits per heavy atom. The standard InChI is InChI=1S/C6H12N2O4/c1-2-3-12-6(11)8-4-7-5(9)10/h7H,2-4H2,1H3,(H,8,11)(H,9,10). The number of nitrogens with one attached hydrogen (secondary N) is 2. The Morgan fingerprint density at radius 2 is 2.08 bits per heavy atom. The molecule has 0 aliphatic heterocycles. The minimum Gasteiger partial charge on any atom is -0.465 e. The van der Waals surface area contributed by atoms with Crippen LogP contribution >= 0.6 is 0 Å². The van der Waals surface area contributed by atoms with Gasteiger partial charge in [0.05, 0.1) is 13.3 Å². The van der Waals surface area contributed by atoms with Crippen LogP contribution in [0.2, 0.25) is 0 Å². The molecule has 0 aliphatic carbocycles. The van der Waals surface area contributed by atoms with Gasteiger partial charge in [-0.15, -0.1) is 0 Å². The molecule has 0 spiro atoms. The highest BCUT2D eigenvalue weighted by Gasteiger charge is 1.99. The Morgan fingerprint density at radius 3 is 2.58 bits per heavy atom. The smallest absolute Gasteiger partial charge is 0.408 e. The van der Waals surface area contributed by atoms with Crippen molar-refractivity contribution in [2.24, 2.45) is 0 Å². The lowest BCUT2D eigenvalue weighted by Crippen LogP contribution is -2.36. The number of alkyl carbamates (subject to hydrolysis) is 1. The number of carboxylic acid groups (broad SMARTS) is 1. The van der Waals surface area contributed by atoms with Crippen LogP contribution in [0.1, 0.15) is 13.3 Å². The summed E-state index contributed by atoms with van der Waals surface area (Å²) in [7, 11) is 0. The topological polar surface area (TPSA) is 87.7 Å². The van der Waals surface area contributed by atoms with Gasteiger partial charge in [0.2, 0.25) is 0 Å². The zero-order valence-corrected chi connectivity index (χ0v) is 6.79. The van der Waals surface area contributed by atoms with Crippen molar-refractivity contribution < 1.29 is 19.4 Å². The maximum Gasteiger partial charge on any atom is 0.408 e. The van der Waals surface area contributed by atoms with Crippen molar-refractivity contribution in [1.29, 1.82) is 0 Å². The molecule has 0 heterocycles. The molecule has 3 N–H and O–H groups in total. The molecule has 0 fully saturated rings. The Balaban J connectivity index is 3.25. The van der Waals surface area contributed by atoms with E-state index in [0.717, 1.165) is 6.42 Å². The number of ether oxygens (including phenoxy) is 1. The van der Waals surface area contributed by atoms with E-state index in [1.165, 1.54) is 0 Å². The number of carbonyl (C=O) groups is 2. The minimum atomic E-state index is -1.19. The van der Waals surface area contributed by atoms with Gasteiger partial charge < -0.3 is 20.5 Å². The number of carbonyl (C=O) groups excluding carboxylic acids is 1. The van der Waals surface area contributed by atoms with Gasteiger partial charge in [-0.2, -0.15) is 0 Å². The maximum absolute atomic E-state index is 10.6. The van der Waals surface area contributed by atoms with Gasteiger partial charge in [0.25, 0.3) is 0 Å². The third-order valence-electron chi connectivity index (χ3n) is 0.910. The van der Waals surface area contributed by atoms with E-state index in [1.807, 2.05) is 12.2 Å². The summed E-state index contributed by atoms with van der Waals surface area (Å²) in [6.07, 6.45) is -1.07. The molecule has 0 aromatic heterocycles. The highest BCUT2D eigenvalue weighted by molar-refractivity contribution is 5.68. The van der Waals surface area contributed by atoms with Crippen LogP contribution in [-0.4, -0.2) is 30.6 Å². The van der Waals surface area contributed by atoms with Crippen LogP contribution in [0.15, 0.2) is 0 Å². The van der Waals surface area contributed by atoms with Crippen LogP contribution in [0.3, 0.4) is 0 Å². The van der Waals surface area contributed by atoms with Gasteiger partial charge in [-0.25, -0.2) is 9.59 Å². The van der Waals surface area contributed by atoms with Crippen LogP contribution in [-0.2, 0) is 4.74 Å². The fraction of sp³-hybridized carbons (Fsp3) is 0.667. The summed E-state index contributed by atoms with van der Waals surface area (Å²) in [6, 6.07) is 0. The lowest BCUT2D eigenvalue weighted by molar-refractivity contribution is 0.145. The van der Waals surface area contributed by atoms with Crippen LogP contribution in [0.4, 0.5) is 9.59 Å². The normalized spacial score (nSPS) is 8.75. The van der Waals surface area contributed by atoms with E-state index >= 15 is 0 Å². The Kier molecular flexibility index (Phi) is 5.50. The summed E-state index contributed by atoms with van der Waals surface area (Å²) in [5, 5.41) is 12.3. The molecule has 6 nitrogen and oxygen atoms in total. The molecule has 0 unspecified atom stereocenters. The summed E-state index contributed by atoms with van der Waals surface area (Å²) in [4.78, 5) is 20.5. The van der Waals surface area contributed by atoms with E-state index in [-0.39, 0.29) is 6.67 Å². The van der Waals surface area contributed by atoms with Crippen molar-refractivity contribution in [1.82, 2.24) is 10.6 Å². The average molecular weight is 176 g/mol. The monoisotopic (exact) mass is 176 g/mol. The lowest BCUT2D eigenvalue weighted by Gasteiger charge is -2.04. The Bertz CT molecular complexity index is 160. The second-order valence-corrected chi connectivity index (χ2v) is 1.97. The molecule has 0 bridgehead atoms. The SMILES string of the molecule is CCCOC(=O)NCNC(=O)O. The highest BCUT2D eigenvalue weighted by atomic mass is 16.5. The summed E-state index contributed by atoms with van der Waals surface area (Å²) in [5.41, 5.74) is 0. The number of amides is 2. The van der Waals surface area contributed by atoms with Crippen molar-refractivity contribution in [3.63, 3.8) is 0 Å². The molecule has 0 radical (unpaired) electrons. The summed E-state index contributed by atoms with van der Waals surface area (Å²) in [5.74, 6) is 0. The van der Waals surface area contributed by atoms with Gasteiger partial charge in [-0.05, 0) is 6.42 Å². The van der Waals surface area contributed by atoms with Crippen molar-refractivity contribution in [2.45, 2.75) is 13.3 Å². The van der Waals surface area contributed by atoms with Crippen molar-refractivity contribution >= 4 is 12.2 Å². The quantitative estimate of drug-likeness (QED) is 0.539. The number of hydrogen-bond donors (Lipinski definition) is 3. The Labute approximate surface area is 69.9 Å². The molecule has 2 amide bonds. The summed E-state index contributed by atoms with van der Waals surface area (Å²) >= 11 is 0. The predicted octanol–water partition coefficient (Wildman–Crippen LogP) is 0.348. The molecule has 6 heteroatoms. The zero-order chi connectivity index (χ0) is 9.40. The van der Waals surface area contributed by atoms with Crippen LogP contribution < -0.4 is 10.6 Å². The van der Waals surface area contributed by atoms with E-state index in [0.29, 0.717) is 6.61 Å². The molecule has 70 valence electrons. The molecule has 0 aliphatic rings. The molecule has 0 saturated heterocycles. The van der Waals surface area contributed by atoms with Crippen LogP contribution in [0.25, 0.3) is 0 Å². The first-order chi connectivity index (χ1) is 5.66. The van der Waals surface area contributed by atoms with Crippen molar-refractivity contribution in [3.05, 3.63) is 0 Å². The summed E-state index contributed by atoms with van der Waals surface area (Å²) < 4.78 is 4.59.